The van der Waals surface area contributed by atoms with Crippen LogP contribution in [0.1, 0.15) is 33.3 Å². The van der Waals surface area contributed by atoms with E-state index < -0.39 is 21.7 Å². The van der Waals surface area contributed by atoms with E-state index in [0.717, 1.165) is 0 Å². The maximum absolute atomic E-state index is 14.7. The monoisotopic (exact) mass is 489 g/mol. The Balaban J connectivity index is 1.63. The Hall–Kier alpha value is -2.75. The molecule has 2 aromatic rings. The third kappa shape index (κ3) is 6.22. The fourth-order valence-electron chi connectivity index (χ4n) is 4.04. The molecule has 1 saturated heterocycles. The number of nitrogens with one attached hydrogen (secondary N) is 1. The lowest BCUT2D eigenvalue weighted by Gasteiger charge is -2.37. The summed E-state index contributed by atoms with van der Waals surface area (Å²) in [5.74, 6) is -0.825. The molecule has 34 heavy (non-hydrogen) atoms. The number of nitrogens with zero attached hydrogens (tertiary/aromatic N) is 2. The third-order valence-electron chi connectivity index (χ3n) is 5.63. The lowest BCUT2D eigenvalue weighted by atomic mass is 10.1. The van der Waals surface area contributed by atoms with Crippen LogP contribution in [0.25, 0.3) is 6.08 Å². The Morgan fingerprint density at radius 3 is 2.29 bits per heavy atom. The van der Waals surface area contributed by atoms with E-state index in [0.29, 0.717) is 43.1 Å². The molecule has 1 aliphatic rings. The SMILES string of the molecule is CCN(CC)S(=O)(=O)c1ccc(/C=C/C(=O)Nc2ccc(N3CC(C)OC(C)C3)c(F)c2)cc1. The molecule has 0 bridgehead atoms. The minimum atomic E-state index is -3.53. The number of anilines is 2. The summed E-state index contributed by atoms with van der Waals surface area (Å²) in [6, 6.07) is 11.0. The third-order valence-corrected chi connectivity index (χ3v) is 7.69. The normalized spacial score (nSPS) is 19.1. The molecule has 3 rings (SSSR count). The summed E-state index contributed by atoms with van der Waals surface area (Å²) in [5, 5.41) is 2.65. The highest BCUT2D eigenvalue weighted by atomic mass is 32.2. The van der Waals surface area contributed by atoms with Gasteiger partial charge in [0.05, 0.1) is 22.8 Å². The summed E-state index contributed by atoms with van der Waals surface area (Å²) in [4.78, 5) is 14.5. The lowest BCUT2D eigenvalue weighted by molar-refractivity contribution is -0.111. The summed E-state index contributed by atoms with van der Waals surface area (Å²) < 4.78 is 46.9. The number of sulfonamides is 1. The highest BCUT2D eigenvalue weighted by Gasteiger charge is 2.24. The fourth-order valence-corrected chi connectivity index (χ4v) is 5.49. The van der Waals surface area contributed by atoms with Gasteiger partial charge in [0.25, 0.3) is 0 Å². The maximum atomic E-state index is 14.7. The van der Waals surface area contributed by atoms with Gasteiger partial charge in [-0.3, -0.25) is 4.79 Å². The summed E-state index contributed by atoms with van der Waals surface area (Å²) in [5.41, 5.74) is 1.51. The second kappa shape index (κ2) is 11.1. The molecule has 184 valence electrons. The molecule has 1 N–H and O–H groups in total. The van der Waals surface area contributed by atoms with E-state index in [2.05, 4.69) is 5.32 Å². The van der Waals surface area contributed by atoms with Crippen molar-refractivity contribution in [3.8, 4) is 0 Å². The van der Waals surface area contributed by atoms with Gasteiger partial charge < -0.3 is 15.0 Å². The van der Waals surface area contributed by atoms with E-state index >= 15 is 0 Å². The maximum Gasteiger partial charge on any atom is 0.248 e. The van der Waals surface area contributed by atoms with Crippen molar-refractivity contribution in [1.82, 2.24) is 4.31 Å². The van der Waals surface area contributed by atoms with E-state index in [4.69, 9.17) is 4.74 Å². The summed E-state index contributed by atoms with van der Waals surface area (Å²) in [7, 11) is -3.53. The molecule has 2 unspecified atom stereocenters. The largest absolute Gasteiger partial charge is 0.372 e. The van der Waals surface area contributed by atoms with Gasteiger partial charge in [-0.15, -0.1) is 0 Å². The Morgan fingerprint density at radius 1 is 1.12 bits per heavy atom. The molecule has 9 heteroatoms. The molecule has 1 fully saturated rings. The smallest absolute Gasteiger partial charge is 0.248 e. The van der Waals surface area contributed by atoms with Gasteiger partial charge in [-0.25, -0.2) is 12.8 Å². The van der Waals surface area contributed by atoms with Gasteiger partial charge in [0.2, 0.25) is 15.9 Å². The lowest BCUT2D eigenvalue weighted by Crippen LogP contribution is -2.45. The molecule has 2 atom stereocenters. The number of hydrogen-bond donors (Lipinski definition) is 1. The van der Waals surface area contributed by atoms with Crippen LogP contribution in [0, 0.1) is 5.82 Å². The van der Waals surface area contributed by atoms with Crippen LogP contribution in [0.2, 0.25) is 0 Å². The second-order valence-corrected chi connectivity index (χ2v) is 10.2. The first kappa shape index (κ1) is 25.9. The molecule has 0 aromatic heterocycles. The predicted molar refractivity (Wildman–Crippen MR) is 133 cm³/mol. The van der Waals surface area contributed by atoms with Crippen LogP contribution in [-0.2, 0) is 19.6 Å². The van der Waals surface area contributed by atoms with E-state index in [1.54, 1.807) is 44.2 Å². The summed E-state index contributed by atoms with van der Waals surface area (Å²) in [6.45, 7) is 9.49. The van der Waals surface area contributed by atoms with Crippen LogP contribution >= 0.6 is 0 Å². The zero-order chi connectivity index (χ0) is 24.9. The molecule has 7 nitrogen and oxygen atoms in total. The quantitative estimate of drug-likeness (QED) is 0.565. The average molecular weight is 490 g/mol. The molecule has 0 radical (unpaired) electrons. The molecule has 1 amide bonds. The second-order valence-electron chi connectivity index (χ2n) is 8.31. The van der Waals surface area contributed by atoms with Crippen molar-refractivity contribution in [1.29, 1.82) is 0 Å². The van der Waals surface area contributed by atoms with Gasteiger partial charge in [-0.2, -0.15) is 4.31 Å². The van der Waals surface area contributed by atoms with E-state index in [-0.39, 0.29) is 17.1 Å². The van der Waals surface area contributed by atoms with E-state index in [1.807, 2.05) is 18.7 Å². The van der Waals surface area contributed by atoms with Gasteiger partial charge in [0.15, 0.2) is 0 Å². The first-order valence-corrected chi connectivity index (χ1v) is 12.9. The minimum absolute atomic E-state index is 0.0130. The summed E-state index contributed by atoms with van der Waals surface area (Å²) >= 11 is 0. The number of ether oxygens (including phenoxy) is 1. The highest BCUT2D eigenvalue weighted by Crippen LogP contribution is 2.26. The van der Waals surface area contributed by atoms with Crippen molar-refractivity contribution in [3.63, 3.8) is 0 Å². The van der Waals surface area contributed by atoms with Crippen molar-refractivity contribution in [2.24, 2.45) is 0 Å². The van der Waals surface area contributed by atoms with Crippen LogP contribution in [-0.4, -0.2) is 57.0 Å². The minimum Gasteiger partial charge on any atom is -0.372 e. The zero-order valence-electron chi connectivity index (χ0n) is 20.0. The topological polar surface area (TPSA) is 79.0 Å². The molecule has 0 aliphatic carbocycles. The molecule has 1 aliphatic heterocycles. The van der Waals surface area contributed by atoms with Crippen LogP contribution in [0.5, 0.6) is 0 Å². The van der Waals surface area contributed by atoms with E-state index in [1.165, 1.54) is 28.6 Å². The van der Waals surface area contributed by atoms with Crippen molar-refractivity contribution < 1.29 is 22.3 Å². The molecule has 0 spiro atoms. The van der Waals surface area contributed by atoms with Crippen molar-refractivity contribution in [2.45, 2.75) is 44.8 Å². The van der Waals surface area contributed by atoms with Gasteiger partial charge in [-0.05, 0) is 55.8 Å². The number of carbonyl (C=O) groups excluding carboxylic acids is 1. The van der Waals surface area contributed by atoms with Gasteiger partial charge in [-0.1, -0.05) is 26.0 Å². The van der Waals surface area contributed by atoms with E-state index in [9.17, 15) is 17.6 Å². The number of rotatable bonds is 8. The number of benzene rings is 2. The molecule has 0 saturated carbocycles. The Labute approximate surface area is 201 Å². The van der Waals surface area contributed by atoms with Crippen LogP contribution in [0.4, 0.5) is 15.8 Å². The molecule has 2 aromatic carbocycles. The Bertz CT molecular complexity index is 1120. The highest BCUT2D eigenvalue weighted by molar-refractivity contribution is 7.89. The zero-order valence-corrected chi connectivity index (χ0v) is 20.8. The number of halogens is 1. The van der Waals surface area contributed by atoms with Crippen LogP contribution in [0.3, 0.4) is 0 Å². The average Bonchev–Trinajstić information content (AvgIpc) is 2.78. The molecule has 1 heterocycles. The Kier molecular flexibility index (Phi) is 8.46. The number of amides is 1. The number of morpholine rings is 1. The molecular formula is C25H32FN3O4S. The van der Waals surface area contributed by atoms with Crippen molar-refractivity contribution >= 4 is 33.4 Å². The Morgan fingerprint density at radius 2 is 1.74 bits per heavy atom. The van der Waals surface area contributed by atoms with Gasteiger partial charge in [0.1, 0.15) is 5.82 Å². The van der Waals surface area contributed by atoms with Crippen molar-refractivity contribution in [2.75, 3.05) is 36.4 Å². The predicted octanol–water partition coefficient (Wildman–Crippen LogP) is 4.12. The van der Waals surface area contributed by atoms with Gasteiger partial charge >= 0.3 is 0 Å². The molecular weight excluding hydrogens is 457 g/mol. The first-order chi connectivity index (χ1) is 16.1. The van der Waals surface area contributed by atoms with Crippen molar-refractivity contribution in [3.05, 3.63) is 59.9 Å². The van der Waals surface area contributed by atoms with Crippen LogP contribution in [0.15, 0.2) is 53.4 Å². The van der Waals surface area contributed by atoms with Crippen LogP contribution < -0.4 is 10.2 Å². The van der Waals surface area contributed by atoms with Gasteiger partial charge in [0, 0.05) is 37.9 Å². The fraction of sp³-hybridized carbons (Fsp3) is 0.400. The first-order valence-electron chi connectivity index (χ1n) is 11.4. The standard InChI is InChI=1S/C25H32FN3O4S/c1-5-29(6-2)34(31,32)22-11-7-20(8-12-22)9-14-25(30)27-21-10-13-24(23(26)15-21)28-16-18(3)33-19(4)17-28/h7-15,18-19H,5-6,16-17H2,1-4H3,(H,27,30)/b14-9+. The number of carbonyl (C=O) groups is 1. The number of hydrogen-bond acceptors (Lipinski definition) is 5. The summed E-state index contributed by atoms with van der Waals surface area (Å²) in [6.07, 6.45) is 2.92.